The third kappa shape index (κ3) is 4.89. The molecule has 1 N–H and O–H groups in total. The Hall–Kier alpha value is -3.79. The highest BCUT2D eigenvalue weighted by molar-refractivity contribution is 6.03. The number of carbonyl (C=O) groups is 1. The number of rotatable bonds is 6. The van der Waals surface area contributed by atoms with E-state index in [1.54, 1.807) is 42.7 Å². The highest BCUT2D eigenvalue weighted by Crippen LogP contribution is 2.13. The van der Waals surface area contributed by atoms with E-state index in [1.165, 1.54) is 5.56 Å². The minimum Gasteiger partial charge on any atom is -0.344 e. The molecule has 0 aliphatic carbocycles. The minimum atomic E-state index is -0.320. The molecule has 3 rings (SSSR count). The lowest BCUT2D eigenvalue weighted by molar-refractivity contribution is 0.102. The summed E-state index contributed by atoms with van der Waals surface area (Å²) < 4.78 is 0. The smallest absolute Gasteiger partial charge is 0.274 e. The molecule has 0 bridgehead atoms. The van der Waals surface area contributed by atoms with Gasteiger partial charge in [0.25, 0.3) is 5.91 Å². The van der Waals surface area contributed by atoms with Crippen molar-refractivity contribution >= 4 is 17.5 Å². The maximum absolute atomic E-state index is 12.6. The minimum absolute atomic E-state index is 0.294. The van der Waals surface area contributed by atoms with E-state index in [1.807, 2.05) is 37.1 Å². The van der Waals surface area contributed by atoms with Crippen LogP contribution in [0.15, 0.2) is 54.9 Å². The van der Waals surface area contributed by atoms with Gasteiger partial charge in [0, 0.05) is 37.4 Å². The quantitative estimate of drug-likeness (QED) is 0.715. The third-order valence-electron chi connectivity index (χ3n) is 4.17. The Morgan fingerprint density at radius 1 is 1.14 bits per heavy atom. The molecule has 0 saturated carbocycles. The average molecular weight is 372 g/mol. The van der Waals surface area contributed by atoms with Crippen molar-refractivity contribution in [2.45, 2.75) is 13.3 Å². The van der Waals surface area contributed by atoms with Gasteiger partial charge < -0.3 is 10.2 Å². The van der Waals surface area contributed by atoms with Gasteiger partial charge in [0.05, 0.1) is 11.6 Å². The Kier molecular flexibility index (Phi) is 5.92. The van der Waals surface area contributed by atoms with Gasteiger partial charge in [-0.15, -0.1) is 0 Å². The zero-order valence-electron chi connectivity index (χ0n) is 15.8. The monoisotopic (exact) mass is 372 g/mol. The number of hydrogen-bond donors (Lipinski definition) is 1. The zero-order valence-corrected chi connectivity index (χ0v) is 15.8. The lowest BCUT2D eigenvalue weighted by Gasteiger charge is -2.18. The van der Waals surface area contributed by atoms with Crippen LogP contribution in [0, 0.1) is 18.3 Å². The molecule has 0 spiro atoms. The van der Waals surface area contributed by atoms with Crippen LogP contribution < -0.4 is 10.2 Å². The molecule has 7 heteroatoms. The van der Waals surface area contributed by atoms with Crippen molar-refractivity contribution in [3.8, 4) is 6.07 Å². The van der Waals surface area contributed by atoms with Gasteiger partial charge in [0.2, 0.25) is 5.95 Å². The van der Waals surface area contributed by atoms with Crippen molar-refractivity contribution in [3.63, 3.8) is 0 Å². The third-order valence-corrected chi connectivity index (χ3v) is 4.17. The summed E-state index contributed by atoms with van der Waals surface area (Å²) in [6, 6.07) is 14.3. The number of aryl methyl sites for hydroxylation is 1. The summed E-state index contributed by atoms with van der Waals surface area (Å²) >= 11 is 0. The van der Waals surface area contributed by atoms with E-state index in [2.05, 4.69) is 20.3 Å². The van der Waals surface area contributed by atoms with Gasteiger partial charge in [0.15, 0.2) is 0 Å². The van der Waals surface area contributed by atoms with Gasteiger partial charge in [-0.3, -0.25) is 9.78 Å². The van der Waals surface area contributed by atoms with Gasteiger partial charge >= 0.3 is 0 Å². The first-order valence-electron chi connectivity index (χ1n) is 8.82. The number of nitriles is 1. The van der Waals surface area contributed by atoms with Crippen LogP contribution in [0.4, 0.5) is 11.6 Å². The van der Waals surface area contributed by atoms with Crippen molar-refractivity contribution in [2.24, 2.45) is 0 Å². The van der Waals surface area contributed by atoms with Gasteiger partial charge in [-0.2, -0.15) is 5.26 Å². The van der Waals surface area contributed by atoms with E-state index in [-0.39, 0.29) is 5.91 Å². The fraction of sp³-hybridized carbons (Fsp3) is 0.190. The number of aromatic nitrogens is 3. The number of carbonyl (C=O) groups excluding carboxylic acids is 1. The molecular weight excluding hydrogens is 352 g/mol. The molecule has 140 valence electrons. The highest BCUT2D eigenvalue weighted by atomic mass is 16.1. The van der Waals surface area contributed by atoms with Gasteiger partial charge in [-0.05, 0) is 61.4 Å². The molecule has 1 amide bonds. The largest absolute Gasteiger partial charge is 0.344 e. The van der Waals surface area contributed by atoms with Crippen LogP contribution in [0.5, 0.6) is 0 Å². The summed E-state index contributed by atoms with van der Waals surface area (Å²) in [6.07, 6.45) is 4.36. The summed E-state index contributed by atoms with van der Waals surface area (Å²) in [5.41, 5.74) is 3.32. The molecule has 0 fully saturated rings. The van der Waals surface area contributed by atoms with Gasteiger partial charge in [-0.1, -0.05) is 0 Å². The topological polar surface area (TPSA) is 94.8 Å². The molecule has 0 saturated heterocycles. The number of benzene rings is 1. The molecule has 0 aliphatic heterocycles. The average Bonchev–Trinajstić information content (AvgIpc) is 2.72. The summed E-state index contributed by atoms with van der Waals surface area (Å²) in [6.45, 7) is 2.55. The van der Waals surface area contributed by atoms with E-state index in [0.717, 1.165) is 6.42 Å². The molecule has 0 aliphatic rings. The molecule has 0 atom stereocenters. The Balaban J connectivity index is 1.70. The van der Waals surface area contributed by atoms with E-state index < -0.39 is 0 Å². The van der Waals surface area contributed by atoms with Crippen LogP contribution in [0.1, 0.15) is 27.3 Å². The molecular formula is C21H20N6O. The van der Waals surface area contributed by atoms with Crippen LogP contribution >= 0.6 is 0 Å². The number of pyridine rings is 1. The van der Waals surface area contributed by atoms with E-state index in [4.69, 9.17) is 5.26 Å². The number of hydrogen-bond acceptors (Lipinski definition) is 6. The fourth-order valence-electron chi connectivity index (χ4n) is 2.61. The standard InChI is InChI=1S/C21H20N6O/c1-15-13-19(20(28)25-18-5-3-17(14-22)4-6-18)26-21(24-15)27(2)12-9-16-7-10-23-11-8-16/h3-8,10-11,13H,9,12H2,1-2H3,(H,25,28). The lowest BCUT2D eigenvalue weighted by atomic mass is 10.2. The first-order chi connectivity index (χ1) is 13.5. The van der Waals surface area contributed by atoms with Crippen LogP contribution in [-0.4, -0.2) is 34.5 Å². The van der Waals surface area contributed by atoms with Crippen LogP contribution in [-0.2, 0) is 6.42 Å². The zero-order chi connectivity index (χ0) is 19.9. The first-order valence-corrected chi connectivity index (χ1v) is 8.82. The maximum atomic E-state index is 12.6. The number of nitrogens with one attached hydrogen (secondary N) is 1. The second kappa shape index (κ2) is 8.73. The summed E-state index contributed by atoms with van der Waals surface area (Å²) in [4.78, 5) is 27.4. The lowest BCUT2D eigenvalue weighted by Crippen LogP contribution is -2.24. The second-order valence-electron chi connectivity index (χ2n) is 6.36. The summed E-state index contributed by atoms with van der Waals surface area (Å²) in [7, 11) is 1.90. The normalized spacial score (nSPS) is 10.2. The second-order valence-corrected chi connectivity index (χ2v) is 6.36. The molecule has 28 heavy (non-hydrogen) atoms. The Labute approximate surface area is 163 Å². The number of anilines is 2. The predicted octanol–water partition coefficient (Wildman–Crippen LogP) is 2.98. The van der Waals surface area contributed by atoms with E-state index in [0.29, 0.717) is 35.1 Å². The number of nitrogens with zero attached hydrogens (tertiary/aromatic N) is 5. The van der Waals surface area contributed by atoms with Crippen molar-refractivity contribution in [1.82, 2.24) is 15.0 Å². The van der Waals surface area contributed by atoms with Crippen LogP contribution in [0.3, 0.4) is 0 Å². The van der Waals surface area contributed by atoms with E-state index >= 15 is 0 Å². The molecule has 0 unspecified atom stereocenters. The molecule has 2 aromatic heterocycles. The van der Waals surface area contributed by atoms with Crippen molar-refractivity contribution in [2.75, 3.05) is 23.8 Å². The van der Waals surface area contributed by atoms with Crippen molar-refractivity contribution in [3.05, 3.63) is 77.4 Å². The Morgan fingerprint density at radius 2 is 1.86 bits per heavy atom. The summed E-state index contributed by atoms with van der Waals surface area (Å²) in [5, 5.41) is 11.7. The van der Waals surface area contributed by atoms with E-state index in [9.17, 15) is 4.79 Å². The van der Waals surface area contributed by atoms with Gasteiger partial charge in [-0.25, -0.2) is 9.97 Å². The van der Waals surface area contributed by atoms with Crippen LogP contribution in [0.2, 0.25) is 0 Å². The number of likely N-dealkylation sites (N-methyl/N-ethyl adjacent to an activating group) is 1. The van der Waals surface area contributed by atoms with Crippen molar-refractivity contribution in [1.29, 1.82) is 5.26 Å². The Morgan fingerprint density at radius 3 is 2.54 bits per heavy atom. The molecule has 3 aromatic rings. The van der Waals surface area contributed by atoms with Gasteiger partial charge in [0.1, 0.15) is 5.69 Å². The van der Waals surface area contributed by atoms with Crippen molar-refractivity contribution < 1.29 is 4.79 Å². The molecule has 1 aromatic carbocycles. The fourth-order valence-corrected chi connectivity index (χ4v) is 2.61. The number of amides is 1. The summed E-state index contributed by atoms with van der Waals surface area (Å²) in [5.74, 6) is 0.179. The molecule has 2 heterocycles. The first kappa shape index (κ1) is 19.0. The molecule has 7 nitrogen and oxygen atoms in total. The van der Waals surface area contributed by atoms with Crippen LogP contribution in [0.25, 0.3) is 0 Å². The maximum Gasteiger partial charge on any atom is 0.274 e. The predicted molar refractivity (Wildman–Crippen MR) is 107 cm³/mol. The Bertz CT molecular complexity index is 996. The SMILES string of the molecule is Cc1cc(C(=O)Nc2ccc(C#N)cc2)nc(N(C)CCc2ccncc2)n1. The molecule has 0 radical (unpaired) electrons. The highest BCUT2D eigenvalue weighted by Gasteiger charge is 2.13.